The minimum Gasteiger partial charge on any atom is -0.774 e. The van der Waals surface area contributed by atoms with Gasteiger partial charge in [-0.2, -0.15) is 8.78 Å². The van der Waals surface area contributed by atoms with Crippen LogP contribution in [0.1, 0.15) is 11.8 Å². The number of rotatable bonds is 7. The number of nitrogens with two attached hydrogens (primary N) is 1. The van der Waals surface area contributed by atoms with E-state index in [4.69, 9.17) is 10.5 Å². The van der Waals surface area contributed by atoms with Crippen LogP contribution in [0.4, 0.5) is 14.6 Å². The Morgan fingerprint density at radius 1 is 1.29 bits per heavy atom. The molecule has 3 heterocycles. The van der Waals surface area contributed by atoms with Gasteiger partial charge in [0.1, 0.15) is 35.9 Å². The Balaban J connectivity index is 1.50. The zero-order valence-electron chi connectivity index (χ0n) is 17.2. The molecule has 4 rings (SSSR count). The van der Waals surface area contributed by atoms with Crippen LogP contribution in [0.15, 0.2) is 43.5 Å². The number of phenolic OH excluding ortho intramolecular Hbond substituents is 1. The van der Waals surface area contributed by atoms with E-state index >= 15 is 0 Å². The monoisotopic (exact) mass is 498 g/mol. The van der Waals surface area contributed by atoms with Crippen LogP contribution >= 0.6 is 7.60 Å². The number of halogens is 2. The smallest absolute Gasteiger partial charge is 0.334 e. The number of anilines is 1. The lowest BCUT2D eigenvalue weighted by Gasteiger charge is -2.33. The van der Waals surface area contributed by atoms with Crippen LogP contribution in [0, 0.1) is 0 Å². The topological polar surface area (TPSA) is 189 Å². The summed E-state index contributed by atoms with van der Waals surface area (Å²) in [5, 5.41) is 30.5. The van der Waals surface area contributed by atoms with Gasteiger partial charge in [0, 0.05) is 11.1 Å². The van der Waals surface area contributed by atoms with Gasteiger partial charge in [-0.15, -0.1) is 0 Å². The molecule has 182 valence electrons. The van der Waals surface area contributed by atoms with Gasteiger partial charge >= 0.3 is 5.66 Å². The number of alkyl halides is 2. The average molecular weight is 498 g/mol. The third-order valence-electron chi connectivity index (χ3n) is 5.34. The van der Waals surface area contributed by atoms with Crippen molar-refractivity contribution in [3.63, 3.8) is 0 Å². The first-order valence-electron chi connectivity index (χ1n) is 9.71. The number of phenols is 1. The molecular formula is C19H19F2N5O7P-. The van der Waals surface area contributed by atoms with Crippen molar-refractivity contribution in [3.8, 4) is 5.75 Å². The summed E-state index contributed by atoms with van der Waals surface area (Å²) in [6.45, 7) is 2.06. The maximum Gasteiger partial charge on any atom is 0.334 e. The summed E-state index contributed by atoms with van der Waals surface area (Å²) in [6.07, 6.45) is -3.76. The fraction of sp³-hybridized carbons (Fsp3) is 0.316. The van der Waals surface area contributed by atoms with Crippen molar-refractivity contribution >= 4 is 30.2 Å². The molecule has 1 saturated heterocycles. The number of para-hydroxylation sites is 1. The predicted octanol–water partition coefficient (Wildman–Crippen LogP) is 0.609. The summed E-state index contributed by atoms with van der Waals surface area (Å²) in [6, 6.07) is 4.84. The number of aromatic nitrogens is 4. The molecule has 1 aromatic carbocycles. The van der Waals surface area contributed by atoms with Gasteiger partial charge in [0.15, 0.2) is 17.7 Å². The molecule has 2 unspecified atom stereocenters. The Labute approximate surface area is 190 Å². The molecule has 0 bridgehead atoms. The maximum atomic E-state index is 14.7. The van der Waals surface area contributed by atoms with E-state index in [0.29, 0.717) is 0 Å². The van der Waals surface area contributed by atoms with Crippen LogP contribution in [0.5, 0.6) is 5.75 Å². The molecule has 0 aliphatic carbocycles. The SMILES string of the molecule is C=C(c1ccccc1O)C(F)(F)P(=O)([O-])OC[C@H]1O[C@@H](n2cnc3c(N)ncnc32)C(O)[C@H]1O. The number of nitrogens with zero attached hydrogens (tertiary/aromatic N) is 4. The second-order valence-corrected chi connectivity index (χ2v) is 9.27. The third kappa shape index (κ3) is 3.94. The number of allylic oxidation sites excluding steroid dienone is 1. The molecular weight excluding hydrogens is 479 g/mol. The Hall–Kier alpha value is -3.00. The molecule has 1 fully saturated rings. The van der Waals surface area contributed by atoms with E-state index in [1.807, 2.05) is 0 Å². The van der Waals surface area contributed by atoms with Crippen molar-refractivity contribution in [2.45, 2.75) is 30.2 Å². The maximum absolute atomic E-state index is 14.7. The average Bonchev–Trinajstić information content (AvgIpc) is 3.34. The van der Waals surface area contributed by atoms with E-state index in [-0.39, 0.29) is 17.0 Å². The molecule has 0 amide bonds. The summed E-state index contributed by atoms with van der Waals surface area (Å²) < 4.78 is 53.0. The minimum atomic E-state index is -5.98. The van der Waals surface area contributed by atoms with Crippen LogP contribution < -0.4 is 10.6 Å². The molecule has 0 saturated carbocycles. The lowest BCUT2D eigenvalue weighted by atomic mass is 10.1. The van der Waals surface area contributed by atoms with Crippen molar-refractivity contribution in [3.05, 3.63) is 49.1 Å². The van der Waals surface area contributed by atoms with Crippen LogP contribution in [-0.4, -0.2) is 65.4 Å². The van der Waals surface area contributed by atoms with E-state index in [9.17, 15) is 33.6 Å². The number of fused-ring (bicyclic) bond motifs is 1. The van der Waals surface area contributed by atoms with Crippen molar-refractivity contribution in [2.75, 3.05) is 12.3 Å². The number of ether oxygens (including phenoxy) is 1. The molecule has 1 aliphatic rings. The minimum absolute atomic E-state index is 0.0517. The van der Waals surface area contributed by atoms with E-state index in [1.165, 1.54) is 23.0 Å². The Morgan fingerprint density at radius 3 is 2.71 bits per heavy atom. The molecule has 3 aromatic rings. The largest absolute Gasteiger partial charge is 0.774 e. The Bertz CT molecular complexity index is 1290. The van der Waals surface area contributed by atoms with Crippen LogP contribution in [0.25, 0.3) is 16.7 Å². The lowest BCUT2D eigenvalue weighted by Crippen LogP contribution is -2.35. The van der Waals surface area contributed by atoms with Gasteiger partial charge in [0.2, 0.25) is 7.60 Å². The zero-order valence-corrected chi connectivity index (χ0v) is 18.1. The van der Waals surface area contributed by atoms with Gasteiger partial charge < -0.3 is 39.8 Å². The molecule has 2 aromatic heterocycles. The third-order valence-corrected chi connectivity index (χ3v) is 6.79. The van der Waals surface area contributed by atoms with Gasteiger partial charge in [0.25, 0.3) is 0 Å². The highest BCUT2D eigenvalue weighted by Crippen LogP contribution is 2.60. The van der Waals surface area contributed by atoms with E-state index in [2.05, 4.69) is 26.1 Å². The van der Waals surface area contributed by atoms with Gasteiger partial charge in [-0.25, -0.2) is 15.0 Å². The Kier molecular flexibility index (Phi) is 6.14. The summed E-state index contributed by atoms with van der Waals surface area (Å²) in [4.78, 5) is 24.1. The molecule has 5 N–H and O–H groups in total. The Morgan fingerprint density at radius 2 is 2.00 bits per heavy atom. The fourth-order valence-electron chi connectivity index (χ4n) is 3.46. The molecule has 5 atom stereocenters. The highest BCUT2D eigenvalue weighted by Gasteiger charge is 2.49. The second-order valence-electron chi connectivity index (χ2n) is 7.46. The molecule has 1 aliphatic heterocycles. The number of hydrogen-bond donors (Lipinski definition) is 4. The van der Waals surface area contributed by atoms with Crippen LogP contribution in [-0.2, 0) is 13.8 Å². The summed E-state index contributed by atoms with van der Waals surface area (Å²) in [5.41, 5.74) is -0.209. The molecule has 12 nitrogen and oxygen atoms in total. The predicted molar refractivity (Wildman–Crippen MR) is 111 cm³/mol. The first-order valence-corrected chi connectivity index (χ1v) is 11.3. The van der Waals surface area contributed by atoms with Crippen molar-refractivity contribution in [1.82, 2.24) is 19.5 Å². The van der Waals surface area contributed by atoms with Crippen molar-refractivity contribution in [1.29, 1.82) is 0 Å². The van der Waals surface area contributed by atoms with Crippen molar-refractivity contribution < 1.29 is 42.8 Å². The number of imidazole rings is 1. The molecule has 15 heteroatoms. The number of aromatic hydroxyl groups is 1. The normalized spacial score (nSPS) is 24.9. The number of aliphatic hydroxyl groups excluding tert-OH is 2. The van der Waals surface area contributed by atoms with Crippen molar-refractivity contribution in [2.24, 2.45) is 0 Å². The zero-order chi connectivity index (χ0) is 24.8. The summed E-state index contributed by atoms with van der Waals surface area (Å²) >= 11 is 0. The number of aliphatic hydroxyl groups is 2. The first-order chi connectivity index (χ1) is 16.0. The molecule has 0 radical (unpaired) electrons. The number of hydrogen-bond acceptors (Lipinski definition) is 11. The molecule has 34 heavy (non-hydrogen) atoms. The van der Waals surface area contributed by atoms with E-state index < -0.39 is 61.3 Å². The first kappa shape index (κ1) is 24.1. The van der Waals surface area contributed by atoms with Gasteiger partial charge in [-0.05, 0) is 6.07 Å². The summed E-state index contributed by atoms with van der Waals surface area (Å²) in [5.74, 6) is -0.541. The summed E-state index contributed by atoms with van der Waals surface area (Å²) in [7, 11) is -5.98. The molecule has 0 spiro atoms. The fourth-order valence-corrected chi connectivity index (χ4v) is 4.42. The highest BCUT2D eigenvalue weighted by atomic mass is 31.2. The lowest BCUT2D eigenvalue weighted by molar-refractivity contribution is -0.218. The second kappa shape index (κ2) is 8.65. The standard InChI is InChI=1S/C19H20F2N5O7P/c1-9(10-4-2-3-5-11(10)27)19(20,21)34(30,31)32-6-12-14(28)15(29)18(33-12)26-8-25-13-16(22)23-7-24-17(13)26/h2-5,7-8,12,14-15,18,27-29H,1,6H2,(H,30,31)(H2,22,23,24)/p-1/t12-,14+,15?,18-/m1/s1. The van der Waals surface area contributed by atoms with Crippen LogP contribution in [0.3, 0.4) is 0 Å². The quantitative estimate of drug-likeness (QED) is 0.334. The van der Waals surface area contributed by atoms with Gasteiger partial charge in [0.05, 0.1) is 12.9 Å². The van der Waals surface area contributed by atoms with Crippen LogP contribution in [0.2, 0.25) is 0 Å². The number of benzene rings is 1. The van der Waals surface area contributed by atoms with Gasteiger partial charge in [-0.1, -0.05) is 24.8 Å². The highest BCUT2D eigenvalue weighted by molar-refractivity contribution is 7.53. The number of nitrogen functional groups attached to an aromatic ring is 1. The van der Waals surface area contributed by atoms with E-state index in [1.54, 1.807) is 0 Å². The van der Waals surface area contributed by atoms with E-state index in [0.717, 1.165) is 18.5 Å². The van der Waals surface area contributed by atoms with Gasteiger partial charge in [-0.3, -0.25) is 4.57 Å².